The number of rotatable bonds is 7. The van der Waals surface area contributed by atoms with Crippen molar-refractivity contribution < 1.29 is 13.2 Å². The molecular formula is C10H13BrClNO3S. The summed E-state index contributed by atoms with van der Waals surface area (Å²) in [6, 6.07) is 1.83. The average Bonchev–Trinajstić information content (AvgIpc) is 2.22. The lowest BCUT2D eigenvalue weighted by Gasteiger charge is -2.05. The minimum Gasteiger partial charge on any atom is -0.492 e. The van der Waals surface area contributed by atoms with Gasteiger partial charge in [0.1, 0.15) is 5.75 Å². The van der Waals surface area contributed by atoms with E-state index in [-0.39, 0.29) is 5.75 Å². The zero-order valence-electron chi connectivity index (χ0n) is 9.10. The molecule has 0 amide bonds. The third-order valence-corrected chi connectivity index (χ3v) is 3.65. The first-order valence-corrected chi connectivity index (χ1v) is 8.40. The van der Waals surface area contributed by atoms with Crippen molar-refractivity contribution in [2.45, 2.75) is 19.3 Å². The molecule has 4 nitrogen and oxygen atoms in total. The maximum atomic E-state index is 10.6. The number of halogens is 2. The van der Waals surface area contributed by atoms with Crippen molar-refractivity contribution in [2.24, 2.45) is 0 Å². The molecule has 0 atom stereocenters. The zero-order chi connectivity index (χ0) is 12.7. The molecule has 1 aromatic heterocycles. The van der Waals surface area contributed by atoms with Crippen LogP contribution >= 0.6 is 26.6 Å². The minimum absolute atomic E-state index is 0.0208. The van der Waals surface area contributed by atoms with Crippen LogP contribution in [0.25, 0.3) is 0 Å². The molecule has 1 aromatic rings. The van der Waals surface area contributed by atoms with E-state index in [0.717, 1.165) is 17.3 Å². The van der Waals surface area contributed by atoms with Crippen LogP contribution in [0.3, 0.4) is 0 Å². The van der Waals surface area contributed by atoms with E-state index in [0.29, 0.717) is 18.8 Å². The van der Waals surface area contributed by atoms with Crippen LogP contribution in [0.15, 0.2) is 22.9 Å². The summed E-state index contributed by atoms with van der Waals surface area (Å²) in [5.41, 5.74) is 0. The van der Waals surface area contributed by atoms with Crippen LogP contribution in [0.5, 0.6) is 5.75 Å². The third kappa shape index (κ3) is 7.57. The molecule has 0 aliphatic carbocycles. The van der Waals surface area contributed by atoms with Crippen LogP contribution in [0.4, 0.5) is 0 Å². The first-order valence-electron chi connectivity index (χ1n) is 5.13. The number of hydrogen-bond acceptors (Lipinski definition) is 4. The third-order valence-electron chi connectivity index (χ3n) is 1.98. The van der Waals surface area contributed by atoms with Gasteiger partial charge < -0.3 is 4.74 Å². The Labute approximate surface area is 114 Å². The molecule has 0 aliphatic heterocycles. The maximum absolute atomic E-state index is 10.6. The topological polar surface area (TPSA) is 56.3 Å². The van der Waals surface area contributed by atoms with Crippen molar-refractivity contribution in [3.8, 4) is 5.75 Å². The Bertz CT molecular complexity index is 453. The van der Waals surface area contributed by atoms with Gasteiger partial charge in [-0.05, 0) is 41.3 Å². The molecular weight excluding hydrogens is 330 g/mol. The highest BCUT2D eigenvalue weighted by molar-refractivity contribution is 9.10. The Hall–Kier alpha value is -0.330. The van der Waals surface area contributed by atoms with Crippen LogP contribution in [-0.2, 0) is 9.05 Å². The number of hydrogen-bond donors (Lipinski definition) is 0. The zero-order valence-corrected chi connectivity index (χ0v) is 12.3. The molecule has 7 heteroatoms. The summed E-state index contributed by atoms with van der Waals surface area (Å²) in [7, 11) is 1.73. The second-order valence-electron chi connectivity index (χ2n) is 3.49. The lowest BCUT2D eigenvalue weighted by atomic mass is 10.3. The summed E-state index contributed by atoms with van der Waals surface area (Å²) in [5.74, 6) is 0.719. The molecule has 0 bridgehead atoms. The van der Waals surface area contributed by atoms with Gasteiger partial charge in [0.15, 0.2) is 0 Å². The Morgan fingerprint density at radius 3 is 2.71 bits per heavy atom. The van der Waals surface area contributed by atoms with Gasteiger partial charge in [-0.3, -0.25) is 4.98 Å². The van der Waals surface area contributed by atoms with Gasteiger partial charge in [0.25, 0.3) is 0 Å². The van der Waals surface area contributed by atoms with Crippen LogP contribution in [0.1, 0.15) is 19.3 Å². The molecule has 0 saturated heterocycles. The van der Waals surface area contributed by atoms with Crippen LogP contribution < -0.4 is 4.74 Å². The van der Waals surface area contributed by atoms with Gasteiger partial charge in [0.05, 0.1) is 18.6 Å². The molecule has 0 spiro atoms. The van der Waals surface area contributed by atoms with E-state index in [1.54, 1.807) is 12.4 Å². The normalized spacial score (nSPS) is 11.4. The fourth-order valence-electron chi connectivity index (χ4n) is 1.21. The summed E-state index contributed by atoms with van der Waals surface area (Å²) < 4.78 is 27.6. The van der Waals surface area contributed by atoms with Gasteiger partial charge in [-0.2, -0.15) is 0 Å². The van der Waals surface area contributed by atoms with E-state index in [1.165, 1.54) is 0 Å². The second kappa shape index (κ2) is 7.18. The first kappa shape index (κ1) is 14.7. The summed E-state index contributed by atoms with van der Waals surface area (Å²) in [4.78, 5) is 3.96. The monoisotopic (exact) mass is 341 g/mol. The smallest absolute Gasteiger partial charge is 0.232 e. The van der Waals surface area contributed by atoms with Gasteiger partial charge >= 0.3 is 0 Å². The van der Waals surface area contributed by atoms with Gasteiger partial charge in [-0.15, -0.1) is 0 Å². The Balaban J connectivity index is 2.13. The molecule has 1 rings (SSSR count). The van der Waals surface area contributed by atoms with Crippen molar-refractivity contribution in [1.82, 2.24) is 4.98 Å². The number of ether oxygens (including phenoxy) is 1. The maximum Gasteiger partial charge on any atom is 0.232 e. The van der Waals surface area contributed by atoms with Crippen molar-refractivity contribution in [2.75, 3.05) is 12.4 Å². The van der Waals surface area contributed by atoms with Gasteiger partial charge in [-0.25, -0.2) is 8.42 Å². The largest absolute Gasteiger partial charge is 0.492 e. The SMILES string of the molecule is O=S(=O)(Cl)CCCCCOc1cncc(Br)c1. The van der Waals surface area contributed by atoms with Gasteiger partial charge in [0, 0.05) is 21.4 Å². The van der Waals surface area contributed by atoms with Crippen molar-refractivity contribution >= 4 is 35.7 Å². The molecule has 96 valence electrons. The number of pyridine rings is 1. The molecule has 0 aliphatic rings. The highest BCUT2D eigenvalue weighted by Gasteiger charge is 2.03. The van der Waals surface area contributed by atoms with E-state index >= 15 is 0 Å². The van der Waals surface area contributed by atoms with Crippen LogP contribution in [0.2, 0.25) is 0 Å². The quantitative estimate of drug-likeness (QED) is 0.564. The number of unbranched alkanes of at least 4 members (excludes halogenated alkanes) is 2. The highest BCUT2D eigenvalue weighted by atomic mass is 79.9. The predicted molar refractivity (Wildman–Crippen MR) is 70.9 cm³/mol. The first-order chi connectivity index (χ1) is 7.97. The number of nitrogens with zero attached hydrogens (tertiary/aromatic N) is 1. The Morgan fingerprint density at radius 1 is 1.29 bits per heavy atom. The van der Waals surface area contributed by atoms with E-state index in [2.05, 4.69) is 20.9 Å². The van der Waals surface area contributed by atoms with E-state index in [4.69, 9.17) is 15.4 Å². The van der Waals surface area contributed by atoms with Crippen LogP contribution in [-0.4, -0.2) is 25.8 Å². The summed E-state index contributed by atoms with van der Waals surface area (Å²) in [5, 5.41) is 0. The molecule has 0 aromatic carbocycles. The van der Waals surface area contributed by atoms with E-state index in [1.807, 2.05) is 6.07 Å². The van der Waals surface area contributed by atoms with Gasteiger partial charge in [-0.1, -0.05) is 0 Å². The lowest BCUT2D eigenvalue weighted by molar-refractivity contribution is 0.305. The van der Waals surface area contributed by atoms with Crippen molar-refractivity contribution in [1.29, 1.82) is 0 Å². The fraction of sp³-hybridized carbons (Fsp3) is 0.500. The number of aromatic nitrogens is 1. The lowest BCUT2D eigenvalue weighted by Crippen LogP contribution is -2.01. The molecule has 0 fully saturated rings. The molecule has 0 saturated carbocycles. The standard InChI is InChI=1S/C10H13BrClNO3S/c11-9-6-10(8-13-7-9)16-4-2-1-3-5-17(12,14)15/h6-8H,1-5H2. The predicted octanol–water partition coefficient (Wildman–Crippen LogP) is 2.96. The minimum atomic E-state index is -3.35. The summed E-state index contributed by atoms with van der Waals surface area (Å²) in [6.07, 6.45) is 5.43. The van der Waals surface area contributed by atoms with Crippen molar-refractivity contribution in [3.05, 3.63) is 22.9 Å². The molecule has 17 heavy (non-hydrogen) atoms. The fourth-order valence-corrected chi connectivity index (χ4v) is 2.43. The van der Waals surface area contributed by atoms with E-state index < -0.39 is 9.05 Å². The molecule has 0 radical (unpaired) electrons. The average molecular weight is 343 g/mol. The molecule has 0 N–H and O–H groups in total. The van der Waals surface area contributed by atoms with E-state index in [9.17, 15) is 8.42 Å². The van der Waals surface area contributed by atoms with Crippen molar-refractivity contribution in [3.63, 3.8) is 0 Å². The highest BCUT2D eigenvalue weighted by Crippen LogP contribution is 2.16. The Morgan fingerprint density at radius 2 is 2.06 bits per heavy atom. The second-order valence-corrected chi connectivity index (χ2v) is 7.30. The molecule has 1 heterocycles. The summed E-state index contributed by atoms with van der Waals surface area (Å²) in [6.45, 7) is 0.542. The van der Waals surface area contributed by atoms with Crippen LogP contribution in [0, 0.1) is 0 Å². The van der Waals surface area contributed by atoms with Gasteiger partial charge in [0.2, 0.25) is 9.05 Å². The Kier molecular flexibility index (Phi) is 6.22. The summed E-state index contributed by atoms with van der Waals surface area (Å²) >= 11 is 3.29. The molecule has 0 unspecified atom stereocenters.